The molecule has 0 aliphatic rings. The molecule has 0 aliphatic heterocycles. The molecule has 1 unspecified atom stereocenters. The molecule has 1 rings (SSSR count). The predicted molar refractivity (Wildman–Crippen MR) is 80.6 cm³/mol. The summed E-state index contributed by atoms with van der Waals surface area (Å²) in [5, 5.41) is 10.3. The third kappa shape index (κ3) is 5.65. The van der Waals surface area contributed by atoms with Gasteiger partial charge >= 0.3 is 0 Å². The molecule has 0 heterocycles. The van der Waals surface area contributed by atoms with Crippen LogP contribution in [0.2, 0.25) is 0 Å². The van der Waals surface area contributed by atoms with Crippen molar-refractivity contribution in [3.8, 4) is 5.75 Å². The third-order valence-corrected chi connectivity index (χ3v) is 3.75. The number of hydrogen-bond acceptors (Lipinski definition) is 2. The number of rotatable bonds is 9. The van der Waals surface area contributed by atoms with Gasteiger partial charge in [-0.1, -0.05) is 38.8 Å². The Morgan fingerprint density at radius 1 is 1.00 bits per heavy atom. The summed E-state index contributed by atoms with van der Waals surface area (Å²) in [7, 11) is 1.68. The van der Waals surface area contributed by atoms with E-state index in [0.717, 1.165) is 44.3 Å². The van der Waals surface area contributed by atoms with Crippen molar-refractivity contribution in [1.82, 2.24) is 0 Å². The molecule has 2 nitrogen and oxygen atoms in total. The molecule has 0 aliphatic carbocycles. The Hall–Kier alpha value is -1.02. The highest BCUT2D eigenvalue weighted by Crippen LogP contribution is 2.22. The lowest BCUT2D eigenvalue weighted by atomic mass is 9.89. The SMILES string of the molecule is CCCC(CCC)C(O)CCc1ccc(OC)cc1. The van der Waals surface area contributed by atoms with Crippen LogP contribution in [0.5, 0.6) is 5.75 Å². The third-order valence-electron chi connectivity index (χ3n) is 3.75. The van der Waals surface area contributed by atoms with Gasteiger partial charge in [0.2, 0.25) is 0 Å². The van der Waals surface area contributed by atoms with Gasteiger partial charge in [-0.25, -0.2) is 0 Å². The number of ether oxygens (including phenoxy) is 1. The first-order chi connectivity index (χ1) is 9.21. The fourth-order valence-electron chi connectivity index (χ4n) is 2.61. The maximum absolute atomic E-state index is 10.3. The summed E-state index contributed by atoms with van der Waals surface area (Å²) in [5.41, 5.74) is 1.27. The van der Waals surface area contributed by atoms with Gasteiger partial charge in [0.15, 0.2) is 0 Å². The summed E-state index contributed by atoms with van der Waals surface area (Å²) in [6.07, 6.45) is 6.22. The number of benzene rings is 1. The standard InChI is InChI=1S/C17H28O2/c1-4-6-15(7-5-2)17(18)13-10-14-8-11-16(19-3)12-9-14/h8-9,11-12,15,17-18H,4-7,10,13H2,1-3H3. The average molecular weight is 264 g/mol. The van der Waals surface area contributed by atoms with Gasteiger partial charge in [-0.2, -0.15) is 0 Å². The molecule has 0 bridgehead atoms. The number of aliphatic hydroxyl groups is 1. The zero-order valence-electron chi connectivity index (χ0n) is 12.6. The zero-order chi connectivity index (χ0) is 14.1. The van der Waals surface area contributed by atoms with E-state index < -0.39 is 0 Å². The van der Waals surface area contributed by atoms with E-state index in [-0.39, 0.29) is 6.10 Å². The van der Waals surface area contributed by atoms with Crippen molar-refractivity contribution in [2.24, 2.45) is 5.92 Å². The van der Waals surface area contributed by atoms with Gasteiger partial charge < -0.3 is 9.84 Å². The fourth-order valence-corrected chi connectivity index (χ4v) is 2.61. The van der Waals surface area contributed by atoms with Crippen molar-refractivity contribution in [3.05, 3.63) is 29.8 Å². The summed E-state index contributed by atoms with van der Waals surface area (Å²) in [5.74, 6) is 1.35. The van der Waals surface area contributed by atoms with Gasteiger partial charge in [0.25, 0.3) is 0 Å². The molecule has 108 valence electrons. The van der Waals surface area contributed by atoms with Crippen molar-refractivity contribution < 1.29 is 9.84 Å². The van der Waals surface area contributed by atoms with Crippen LogP contribution in [0.1, 0.15) is 51.5 Å². The van der Waals surface area contributed by atoms with Gasteiger partial charge in [-0.05, 0) is 49.3 Å². The van der Waals surface area contributed by atoms with Crippen LogP contribution < -0.4 is 4.74 Å². The summed E-state index contributed by atoms with van der Waals surface area (Å²) in [6, 6.07) is 8.13. The predicted octanol–water partition coefficient (Wildman–Crippen LogP) is 4.21. The van der Waals surface area contributed by atoms with E-state index in [1.807, 2.05) is 12.1 Å². The molecule has 19 heavy (non-hydrogen) atoms. The average Bonchev–Trinajstić information content (AvgIpc) is 2.45. The molecule has 0 saturated heterocycles. The van der Waals surface area contributed by atoms with E-state index in [9.17, 15) is 5.11 Å². The number of aryl methyl sites for hydroxylation is 1. The lowest BCUT2D eigenvalue weighted by molar-refractivity contribution is 0.0882. The van der Waals surface area contributed by atoms with Crippen LogP contribution in [-0.2, 0) is 6.42 Å². The smallest absolute Gasteiger partial charge is 0.118 e. The van der Waals surface area contributed by atoms with Crippen LogP contribution >= 0.6 is 0 Å². The quantitative estimate of drug-likeness (QED) is 0.724. The normalized spacial score (nSPS) is 12.7. The molecule has 0 saturated carbocycles. The molecule has 0 amide bonds. The Balaban J connectivity index is 2.44. The minimum absolute atomic E-state index is 0.165. The Morgan fingerprint density at radius 3 is 2.05 bits per heavy atom. The maximum Gasteiger partial charge on any atom is 0.118 e. The maximum atomic E-state index is 10.3. The van der Waals surface area contributed by atoms with Crippen molar-refractivity contribution in [2.75, 3.05) is 7.11 Å². The summed E-state index contributed by atoms with van der Waals surface area (Å²) >= 11 is 0. The molecule has 1 N–H and O–H groups in total. The molecular weight excluding hydrogens is 236 g/mol. The molecule has 0 spiro atoms. The molecule has 1 aromatic carbocycles. The Kier molecular flexibility index (Phi) is 7.57. The van der Waals surface area contributed by atoms with Gasteiger partial charge in [-0.15, -0.1) is 0 Å². The summed E-state index contributed by atoms with van der Waals surface area (Å²) < 4.78 is 5.15. The molecule has 1 atom stereocenters. The molecule has 0 aromatic heterocycles. The van der Waals surface area contributed by atoms with E-state index in [4.69, 9.17) is 4.74 Å². The first-order valence-corrected chi connectivity index (χ1v) is 7.52. The van der Waals surface area contributed by atoms with Crippen molar-refractivity contribution in [2.45, 2.75) is 58.5 Å². The summed E-state index contributed by atoms with van der Waals surface area (Å²) in [6.45, 7) is 4.39. The highest BCUT2D eigenvalue weighted by atomic mass is 16.5. The highest BCUT2D eigenvalue weighted by Gasteiger charge is 2.17. The molecule has 0 fully saturated rings. The van der Waals surface area contributed by atoms with Crippen molar-refractivity contribution in [1.29, 1.82) is 0 Å². The first kappa shape index (κ1) is 16.0. The second-order valence-electron chi connectivity index (χ2n) is 5.29. The van der Waals surface area contributed by atoms with Crippen LogP contribution in [0, 0.1) is 5.92 Å². The zero-order valence-corrected chi connectivity index (χ0v) is 12.6. The van der Waals surface area contributed by atoms with E-state index in [0.29, 0.717) is 5.92 Å². The van der Waals surface area contributed by atoms with Gasteiger partial charge in [-0.3, -0.25) is 0 Å². The monoisotopic (exact) mass is 264 g/mol. The van der Waals surface area contributed by atoms with Gasteiger partial charge in [0, 0.05) is 0 Å². The Labute approximate surface area is 117 Å². The van der Waals surface area contributed by atoms with E-state index >= 15 is 0 Å². The van der Waals surface area contributed by atoms with Crippen LogP contribution in [0.15, 0.2) is 24.3 Å². The van der Waals surface area contributed by atoms with E-state index in [2.05, 4.69) is 26.0 Å². The lowest BCUT2D eigenvalue weighted by Gasteiger charge is -2.22. The Morgan fingerprint density at radius 2 is 1.58 bits per heavy atom. The number of methoxy groups -OCH3 is 1. The van der Waals surface area contributed by atoms with Crippen molar-refractivity contribution >= 4 is 0 Å². The van der Waals surface area contributed by atoms with Gasteiger partial charge in [0.1, 0.15) is 5.75 Å². The largest absolute Gasteiger partial charge is 0.497 e. The molecule has 0 radical (unpaired) electrons. The molecule has 2 heteroatoms. The number of hydrogen-bond donors (Lipinski definition) is 1. The fraction of sp³-hybridized carbons (Fsp3) is 0.647. The molecule has 1 aromatic rings. The second-order valence-corrected chi connectivity index (χ2v) is 5.29. The first-order valence-electron chi connectivity index (χ1n) is 7.52. The van der Waals surface area contributed by atoms with Gasteiger partial charge in [0.05, 0.1) is 13.2 Å². The second kappa shape index (κ2) is 8.98. The highest BCUT2D eigenvalue weighted by molar-refractivity contribution is 5.27. The summed E-state index contributed by atoms with van der Waals surface area (Å²) in [4.78, 5) is 0. The Bertz CT molecular complexity index is 326. The minimum Gasteiger partial charge on any atom is -0.497 e. The molecular formula is C17H28O2. The van der Waals surface area contributed by atoms with Crippen LogP contribution in [0.3, 0.4) is 0 Å². The minimum atomic E-state index is -0.165. The van der Waals surface area contributed by atoms with Crippen LogP contribution in [0.4, 0.5) is 0 Å². The number of aliphatic hydroxyl groups excluding tert-OH is 1. The van der Waals surface area contributed by atoms with Crippen molar-refractivity contribution in [3.63, 3.8) is 0 Å². The van der Waals surface area contributed by atoms with E-state index in [1.54, 1.807) is 7.11 Å². The topological polar surface area (TPSA) is 29.5 Å². The van der Waals surface area contributed by atoms with Crippen LogP contribution in [0.25, 0.3) is 0 Å². The van der Waals surface area contributed by atoms with Crippen LogP contribution in [-0.4, -0.2) is 18.3 Å². The van der Waals surface area contributed by atoms with E-state index in [1.165, 1.54) is 5.56 Å². The lowest BCUT2D eigenvalue weighted by Crippen LogP contribution is -2.21.